The minimum absolute atomic E-state index is 0.0693. The molecule has 0 radical (unpaired) electrons. The summed E-state index contributed by atoms with van der Waals surface area (Å²) in [7, 11) is -2.42. The molecular weight excluding hydrogens is 388 g/mol. The Hall–Kier alpha value is -2.07. The molecule has 0 bridgehead atoms. The summed E-state index contributed by atoms with van der Waals surface area (Å²) in [5.41, 5.74) is 2.43. The average molecular weight is 411 g/mol. The van der Waals surface area contributed by atoms with Crippen molar-refractivity contribution < 1.29 is 23.2 Å². The Bertz CT molecular complexity index is 842. The maximum Gasteiger partial charge on any atom is 0.244 e. The number of hydroxylamine groups is 1. The number of nitrogens with one attached hydrogen (secondary N) is 1. The van der Waals surface area contributed by atoms with Gasteiger partial charge in [-0.3, -0.25) is 10.0 Å². The van der Waals surface area contributed by atoms with E-state index >= 15 is 0 Å². The number of nitrogens with zero attached hydrogens (tertiary/aromatic N) is 1. The highest BCUT2D eigenvalue weighted by molar-refractivity contribution is 7.90. The second-order valence-corrected chi connectivity index (χ2v) is 8.23. The lowest BCUT2D eigenvalue weighted by Crippen LogP contribution is -2.40. The SMILES string of the molecule is COc1ccc(S(=O)(=O)N(CCC(=O)NO)C(S)Cc2ccccc2)cc1. The van der Waals surface area contributed by atoms with Gasteiger partial charge in [0.1, 0.15) is 5.75 Å². The average Bonchev–Trinajstić information content (AvgIpc) is 2.68. The Balaban J connectivity index is 2.29. The largest absolute Gasteiger partial charge is 0.497 e. The van der Waals surface area contributed by atoms with Gasteiger partial charge in [0.15, 0.2) is 0 Å². The lowest BCUT2D eigenvalue weighted by molar-refractivity contribution is -0.129. The Morgan fingerprint density at radius 1 is 1.19 bits per heavy atom. The smallest absolute Gasteiger partial charge is 0.244 e. The highest BCUT2D eigenvalue weighted by atomic mass is 32.2. The van der Waals surface area contributed by atoms with Gasteiger partial charge in [0, 0.05) is 13.0 Å². The van der Waals surface area contributed by atoms with Crippen LogP contribution in [0.3, 0.4) is 0 Å². The van der Waals surface area contributed by atoms with Crippen molar-refractivity contribution in [3.63, 3.8) is 0 Å². The summed E-state index contributed by atoms with van der Waals surface area (Å²) in [5, 5.41) is 8.01. The Morgan fingerprint density at radius 3 is 2.37 bits per heavy atom. The second-order valence-electron chi connectivity index (χ2n) is 5.75. The van der Waals surface area contributed by atoms with Crippen LogP contribution in [0.2, 0.25) is 0 Å². The van der Waals surface area contributed by atoms with Crippen molar-refractivity contribution in [2.45, 2.75) is 23.1 Å². The molecule has 27 heavy (non-hydrogen) atoms. The topological polar surface area (TPSA) is 95.9 Å². The normalized spacial score (nSPS) is 12.6. The van der Waals surface area contributed by atoms with Crippen molar-refractivity contribution in [3.05, 3.63) is 60.2 Å². The summed E-state index contributed by atoms with van der Waals surface area (Å²) in [5.74, 6) is -0.142. The molecule has 0 heterocycles. The maximum absolute atomic E-state index is 13.1. The summed E-state index contributed by atoms with van der Waals surface area (Å²) < 4.78 is 32.4. The molecule has 0 spiro atoms. The maximum atomic E-state index is 13.1. The monoisotopic (exact) mass is 410 g/mol. The van der Waals surface area contributed by atoms with Gasteiger partial charge in [-0.1, -0.05) is 30.3 Å². The molecule has 146 valence electrons. The van der Waals surface area contributed by atoms with Crippen molar-refractivity contribution >= 4 is 28.6 Å². The number of carbonyl (C=O) groups excluding carboxylic acids is 1. The molecule has 0 aliphatic carbocycles. The molecule has 0 aliphatic heterocycles. The van der Waals surface area contributed by atoms with E-state index in [1.807, 2.05) is 30.3 Å². The van der Waals surface area contributed by atoms with E-state index in [2.05, 4.69) is 12.6 Å². The Morgan fingerprint density at radius 2 is 1.81 bits per heavy atom. The fraction of sp³-hybridized carbons (Fsp3) is 0.278. The molecule has 0 fully saturated rings. The minimum atomic E-state index is -3.91. The van der Waals surface area contributed by atoms with Gasteiger partial charge >= 0.3 is 0 Å². The van der Waals surface area contributed by atoms with Crippen LogP contribution in [0.1, 0.15) is 12.0 Å². The predicted molar refractivity (Wildman–Crippen MR) is 104 cm³/mol. The van der Waals surface area contributed by atoms with Crippen molar-refractivity contribution in [1.29, 1.82) is 0 Å². The number of sulfonamides is 1. The fourth-order valence-electron chi connectivity index (χ4n) is 2.51. The van der Waals surface area contributed by atoms with Crippen LogP contribution in [0.25, 0.3) is 0 Å². The van der Waals surface area contributed by atoms with E-state index in [0.717, 1.165) is 9.87 Å². The molecule has 9 heteroatoms. The van der Waals surface area contributed by atoms with Gasteiger partial charge in [-0.25, -0.2) is 13.9 Å². The summed E-state index contributed by atoms with van der Waals surface area (Å²) >= 11 is 4.48. The summed E-state index contributed by atoms with van der Waals surface area (Å²) in [6.07, 6.45) is 0.164. The van der Waals surface area contributed by atoms with Crippen molar-refractivity contribution in [3.8, 4) is 5.75 Å². The zero-order chi connectivity index (χ0) is 19.9. The lowest BCUT2D eigenvalue weighted by atomic mass is 10.1. The van der Waals surface area contributed by atoms with Gasteiger partial charge in [-0.15, -0.1) is 0 Å². The van der Waals surface area contributed by atoms with Gasteiger partial charge < -0.3 is 4.74 Å². The van der Waals surface area contributed by atoms with E-state index in [1.54, 1.807) is 12.1 Å². The molecule has 7 nitrogen and oxygen atoms in total. The highest BCUT2D eigenvalue weighted by Crippen LogP contribution is 2.24. The molecule has 2 rings (SSSR count). The lowest BCUT2D eigenvalue weighted by Gasteiger charge is -2.27. The number of methoxy groups -OCH3 is 1. The van der Waals surface area contributed by atoms with Crippen LogP contribution in [0.15, 0.2) is 59.5 Å². The van der Waals surface area contributed by atoms with E-state index in [9.17, 15) is 13.2 Å². The number of hydrogen-bond donors (Lipinski definition) is 3. The molecule has 0 aromatic heterocycles. The van der Waals surface area contributed by atoms with Gasteiger partial charge in [0.2, 0.25) is 15.9 Å². The molecular formula is C18H22N2O5S2. The fourth-order valence-corrected chi connectivity index (χ4v) is 4.68. The van der Waals surface area contributed by atoms with E-state index in [-0.39, 0.29) is 17.9 Å². The summed E-state index contributed by atoms with van der Waals surface area (Å²) in [6.45, 7) is -0.123. The molecule has 1 atom stereocenters. The molecule has 0 saturated carbocycles. The number of thiol groups is 1. The van der Waals surface area contributed by atoms with E-state index < -0.39 is 21.3 Å². The first-order chi connectivity index (χ1) is 12.9. The molecule has 2 aromatic rings. The van der Waals surface area contributed by atoms with Crippen LogP contribution in [-0.2, 0) is 21.2 Å². The number of amides is 1. The van der Waals surface area contributed by atoms with E-state index in [0.29, 0.717) is 12.2 Å². The van der Waals surface area contributed by atoms with Crippen LogP contribution in [0.4, 0.5) is 0 Å². The third-order valence-electron chi connectivity index (χ3n) is 3.94. The Kier molecular flexibility index (Phi) is 7.66. The second kappa shape index (κ2) is 9.75. The van der Waals surface area contributed by atoms with Crippen LogP contribution in [0.5, 0.6) is 5.75 Å². The third kappa shape index (κ3) is 5.70. The summed E-state index contributed by atoms with van der Waals surface area (Å²) in [4.78, 5) is 11.5. The first-order valence-corrected chi connectivity index (χ1v) is 10.1. The standard InChI is InChI=1S/C18H22N2O5S2/c1-25-15-7-9-16(10-8-15)27(23,24)20(12-11-17(21)19-22)18(26)13-14-5-3-2-4-6-14/h2-10,18,22,26H,11-13H2,1H3,(H,19,21). The molecule has 0 saturated heterocycles. The number of rotatable bonds is 9. The van der Waals surface area contributed by atoms with Crippen LogP contribution < -0.4 is 10.2 Å². The Labute approximate surface area is 164 Å². The van der Waals surface area contributed by atoms with Gasteiger partial charge in [-0.2, -0.15) is 16.9 Å². The number of hydrogen-bond acceptors (Lipinski definition) is 6. The third-order valence-corrected chi connectivity index (χ3v) is 6.48. The van der Waals surface area contributed by atoms with Crippen LogP contribution in [-0.4, -0.2) is 42.9 Å². The quantitative estimate of drug-likeness (QED) is 0.255. The molecule has 1 unspecified atom stereocenters. The number of carbonyl (C=O) groups is 1. The number of benzene rings is 2. The van der Waals surface area contributed by atoms with Crippen molar-refractivity contribution in [2.75, 3.05) is 13.7 Å². The molecule has 2 N–H and O–H groups in total. The molecule has 1 amide bonds. The summed E-state index contributed by atoms with van der Waals surface area (Å²) in [6, 6.07) is 15.3. The van der Waals surface area contributed by atoms with Crippen LogP contribution >= 0.6 is 12.6 Å². The zero-order valence-corrected chi connectivity index (χ0v) is 16.5. The van der Waals surface area contributed by atoms with Crippen molar-refractivity contribution in [1.82, 2.24) is 9.79 Å². The zero-order valence-electron chi connectivity index (χ0n) is 14.8. The van der Waals surface area contributed by atoms with Gasteiger partial charge in [0.05, 0.1) is 17.4 Å². The van der Waals surface area contributed by atoms with E-state index in [1.165, 1.54) is 24.7 Å². The first kappa shape index (κ1) is 21.2. The predicted octanol–water partition coefficient (Wildman–Crippen LogP) is 2.08. The first-order valence-electron chi connectivity index (χ1n) is 8.19. The van der Waals surface area contributed by atoms with E-state index in [4.69, 9.17) is 9.94 Å². The molecule has 0 aliphatic rings. The number of ether oxygens (including phenoxy) is 1. The highest BCUT2D eigenvalue weighted by Gasteiger charge is 2.30. The van der Waals surface area contributed by atoms with Crippen LogP contribution in [0, 0.1) is 0 Å². The van der Waals surface area contributed by atoms with Gasteiger partial charge in [-0.05, 0) is 36.2 Å². The van der Waals surface area contributed by atoms with Crippen molar-refractivity contribution in [2.24, 2.45) is 0 Å². The minimum Gasteiger partial charge on any atom is -0.497 e. The molecule has 2 aromatic carbocycles. The van der Waals surface area contributed by atoms with Gasteiger partial charge in [0.25, 0.3) is 0 Å².